The Bertz CT molecular complexity index is 631. The van der Waals surface area contributed by atoms with E-state index in [1.807, 2.05) is 18.2 Å². The molecule has 1 N–H and O–H groups in total. The zero-order valence-corrected chi connectivity index (χ0v) is 15.3. The van der Waals surface area contributed by atoms with Crippen molar-refractivity contribution >= 4 is 33.3 Å². The lowest BCUT2D eigenvalue weighted by Crippen LogP contribution is -2.49. The number of rotatable bonds is 7. The fourth-order valence-electron chi connectivity index (χ4n) is 2.47. The first-order valence-electron chi connectivity index (χ1n) is 7.96. The highest BCUT2D eigenvalue weighted by Gasteiger charge is 2.26. The van der Waals surface area contributed by atoms with Crippen LogP contribution in [-0.2, 0) is 14.8 Å². The quantitative estimate of drug-likeness (QED) is 0.560. The average molecular weight is 375 g/mol. The first-order valence-corrected chi connectivity index (χ1v) is 10.0. The summed E-state index contributed by atoms with van der Waals surface area (Å²) in [4.78, 5) is 17.7. The molecule has 1 aliphatic heterocycles. The molecule has 1 unspecified atom stereocenters. The molecule has 1 saturated heterocycles. The fourth-order valence-corrected chi connectivity index (χ4v) is 4.04. The molecule has 134 valence electrons. The first-order chi connectivity index (χ1) is 11.4. The molecule has 1 fully saturated rings. The maximum absolute atomic E-state index is 12.4. The van der Waals surface area contributed by atoms with Gasteiger partial charge in [0.15, 0.2) is 0 Å². The number of nitrogens with zero attached hydrogens (tertiary/aromatic N) is 3. The molecule has 0 aromatic carbocycles. The molecular weight excluding hydrogens is 352 g/mol. The average Bonchev–Trinajstić information content (AvgIpc) is 2.59. The predicted octanol–water partition coefficient (Wildman–Crippen LogP) is 0.667. The van der Waals surface area contributed by atoms with Gasteiger partial charge in [0.25, 0.3) is 0 Å². The largest absolute Gasteiger partial charge is 0.355 e. The third-order valence-corrected chi connectivity index (χ3v) is 6.00. The monoisotopic (exact) mass is 374 g/mol. The minimum Gasteiger partial charge on any atom is -0.355 e. The van der Waals surface area contributed by atoms with Crippen LogP contribution in [0.15, 0.2) is 24.4 Å². The van der Waals surface area contributed by atoms with Gasteiger partial charge in [-0.3, -0.25) is 4.79 Å². The number of amides is 1. The van der Waals surface area contributed by atoms with Crippen molar-refractivity contribution in [3.8, 4) is 0 Å². The zero-order chi connectivity index (χ0) is 17.6. The summed E-state index contributed by atoms with van der Waals surface area (Å²) in [5.74, 6) is 0.610. The minimum atomic E-state index is -3.31. The number of halogens is 1. The summed E-state index contributed by atoms with van der Waals surface area (Å²) in [6.07, 6.45) is 2.10. The van der Waals surface area contributed by atoms with Crippen LogP contribution >= 0.6 is 11.6 Å². The molecule has 2 heterocycles. The Morgan fingerprint density at radius 1 is 1.33 bits per heavy atom. The molecule has 0 radical (unpaired) electrons. The molecule has 0 saturated carbocycles. The Morgan fingerprint density at radius 2 is 2.04 bits per heavy atom. The van der Waals surface area contributed by atoms with Crippen LogP contribution in [0.2, 0.25) is 0 Å². The molecule has 0 bridgehead atoms. The third-order valence-electron chi connectivity index (χ3n) is 3.84. The predicted molar refractivity (Wildman–Crippen MR) is 94.8 cm³/mol. The maximum atomic E-state index is 12.4. The second-order valence-corrected chi connectivity index (χ2v) is 8.39. The van der Waals surface area contributed by atoms with Crippen molar-refractivity contribution in [2.45, 2.75) is 18.7 Å². The number of nitrogens with one attached hydrogen (secondary N) is 1. The van der Waals surface area contributed by atoms with Gasteiger partial charge in [0.1, 0.15) is 11.2 Å². The summed E-state index contributed by atoms with van der Waals surface area (Å²) in [5, 5.41) is 2.01. The lowest BCUT2D eigenvalue weighted by Gasteiger charge is -2.34. The molecule has 1 aromatic rings. The molecular formula is C15H23ClN4O3S. The van der Waals surface area contributed by atoms with Gasteiger partial charge in [0.05, 0.1) is 5.75 Å². The standard InChI is InChI=1S/C15H23ClN4O3S/c1-13(16)15(21)18-7-4-12-24(22,23)20-10-8-19(9-11-20)14-5-2-3-6-17-14/h2-3,5-6,13H,4,7-12H2,1H3,(H,18,21). The van der Waals surface area contributed by atoms with E-state index in [1.54, 1.807) is 13.1 Å². The molecule has 0 spiro atoms. The maximum Gasteiger partial charge on any atom is 0.237 e. The van der Waals surface area contributed by atoms with Gasteiger partial charge in [-0.1, -0.05) is 6.07 Å². The van der Waals surface area contributed by atoms with Crippen molar-refractivity contribution in [2.24, 2.45) is 0 Å². The van der Waals surface area contributed by atoms with E-state index in [2.05, 4.69) is 15.2 Å². The minimum absolute atomic E-state index is 0.0214. The van der Waals surface area contributed by atoms with Crippen LogP contribution in [0.5, 0.6) is 0 Å². The van der Waals surface area contributed by atoms with Gasteiger partial charge in [0, 0.05) is 38.9 Å². The number of sulfonamides is 1. The molecule has 0 aliphatic carbocycles. The van der Waals surface area contributed by atoms with Gasteiger partial charge in [-0.05, 0) is 25.5 Å². The van der Waals surface area contributed by atoms with Gasteiger partial charge in [-0.25, -0.2) is 13.4 Å². The summed E-state index contributed by atoms with van der Waals surface area (Å²) < 4.78 is 26.2. The molecule has 9 heteroatoms. The van der Waals surface area contributed by atoms with Crippen LogP contribution in [0.3, 0.4) is 0 Å². The fraction of sp³-hybridized carbons (Fsp3) is 0.600. The number of carbonyl (C=O) groups excluding carboxylic acids is 1. The van der Waals surface area contributed by atoms with E-state index in [9.17, 15) is 13.2 Å². The lowest BCUT2D eigenvalue weighted by atomic mass is 10.3. The zero-order valence-electron chi connectivity index (χ0n) is 13.7. The van der Waals surface area contributed by atoms with Crippen molar-refractivity contribution in [3.63, 3.8) is 0 Å². The van der Waals surface area contributed by atoms with Gasteiger partial charge < -0.3 is 10.2 Å². The number of pyridine rings is 1. The van der Waals surface area contributed by atoms with E-state index in [-0.39, 0.29) is 11.7 Å². The Kier molecular flexibility index (Phi) is 6.82. The van der Waals surface area contributed by atoms with E-state index < -0.39 is 15.4 Å². The normalized spacial score (nSPS) is 17.5. The Hall–Kier alpha value is -1.38. The molecule has 7 nitrogen and oxygen atoms in total. The van der Waals surface area contributed by atoms with Crippen LogP contribution in [0.4, 0.5) is 5.82 Å². The highest BCUT2D eigenvalue weighted by molar-refractivity contribution is 7.89. The Labute approximate surface area is 148 Å². The van der Waals surface area contributed by atoms with Crippen LogP contribution in [0.1, 0.15) is 13.3 Å². The van der Waals surface area contributed by atoms with Crippen molar-refractivity contribution in [1.29, 1.82) is 0 Å². The number of anilines is 1. The number of carbonyl (C=O) groups is 1. The van der Waals surface area contributed by atoms with E-state index in [0.717, 1.165) is 5.82 Å². The van der Waals surface area contributed by atoms with Crippen molar-refractivity contribution < 1.29 is 13.2 Å². The van der Waals surface area contributed by atoms with E-state index in [0.29, 0.717) is 39.1 Å². The summed E-state index contributed by atoms with van der Waals surface area (Å²) in [6, 6.07) is 5.69. The molecule has 1 amide bonds. The van der Waals surface area contributed by atoms with Crippen molar-refractivity contribution in [3.05, 3.63) is 24.4 Å². The Balaban J connectivity index is 1.77. The molecule has 1 atom stereocenters. The Morgan fingerprint density at radius 3 is 2.62 bits per heavy atom. The van der Waals surface area contributed by atoms with Crippen LogP contribution in [0.25, 0.3) is 0 Å². The van der Waals surface area contributed by atoms with Crippen molar-refractivity contribution in [2.75, 3.05) is 43.4 Å². The molecule has 1 aliphatic rings. The summed E-state index contributed by atoms with van der Waals surface area (Å²) >= 11 is 5.63. The van der Waals surface area contributed by atoms with Gasteiger partial charge in [0.2, 0.25) is 15.9 Å². The second kappa shape index (κ2) is 8.64. The number of piperazine rings is 1. The van der Waals surface area contributed by atoms with E-state index in [1.165, 1.54) is 4.31 Å². The van der Waals surface area contributed by atoms with Gasteiger partial charge in [-0.15, -0.1) is 11.6 Å². The van der Waals surface area contributed by atoms with Gasteiger partial charge in [-0.2, -0.15) is 4.31 Å². The van der Waals surface area contributed by atoms with Crippen LogP contribution in [0, 0.1) is 0 Å². The molecule has 1 aromatic heterocycles. The number of aromatic nitrogens is 1. The van der Waals surface area contributed by atoms with Crippen LogP contribution < -0.4 is 10.2 Å². The first kappa shape index (κ1) is 19.0. The number of alkyl halides is 1. The third kappa shape index (κ3) is 5.32. The highest BCUT2D eigenvalue weighted by Crippen LogP contribution is 2.15. The van der Waals surface area contributed by atoms with Gasteiger partial charge >= 0.3 is 0 Å². The van der Waals surface area contributed by atoms with E-state index >= 15 is 0 Å². The second-order valence-electron chi connectivity index (χ2n) is 5.65. The van der Waals surface area contributed by atoms with E-state index in [4.69, 9.17) is 11.6 Å². The smallest absolute Gasteiger partial charge is 0.237 e. The SMILES string of the molecule is CC(Cl)C(=O)NCCCS(=O)(=O)N1CCN(c2ccccn2)CC1. The summed E-state index contributed by atoms with van der Waals surface area (Å²) in [6.45, 7) is 4.03. The molecule has 2 rings (SSSR count). The number of hydrogen-bond donors (Lipinski definition) is 1. The lowest BCUT2D eigenvalue weighted by molar-refractivity contribution is -0.120. The molecule has 24 heavy (non-hydrogen) atoms. The summed E-state index contributed by atoms with van der Waals surface area (Å²) in [7, 11) is -3.31. The van der Waals surface area contributed by atoms with Crippen molar-refractivity contribution in [1.82, 2.24) is 14.6 Å². The summed E-state index contributed by atoms with van der Waals surface area (Å²) in [5.41, 5.74) is 0. The topological polar surface area (TPSA) is 82.6 Å². The number of hydrogen-bond acceptors (Lipinski definition) is 5. The van der Waals surface area contributed by atoms with Crippen LogP contribution in [-0.4, -0.2) is 67.5 Å². The highest BCUT2D eigenvalue weighted by atomic mass is 35.5.